The van der Waals surface area contributed by atoms with E-state index in [9.17, 15) is 9.59 Å². The average Bonchev–Trinajstić information content (AvgIpc) is 2.98. The molecule has 0 saturated carbocycles. The summed E-state index contributed by atoms with van der Waals surface area (Å²) in [6.07, 6.45) is 1.60. The topological polar surface area (TPSA) is 73.2 Å². The van der Waals surface area contributed by atoms with Crippen molar-refractivity contribution in [2.75, 3.05) is 12.4 Å². The first-order valence-electron chi connectivity index (χ1n) is 5.54. The second kappa shape index (κ2) is 5.66. The number of carbonyl (C=O) groups excluding carboxylic acids is 2. The molecule has 100 valence electrons. The summed E-state index contributed by atoms with van der Waals surface area (Å²) in [5.74, 6) is -0.198. The fourth-order valence-electron chi connectivity index (χ4n) is 1.49. The number of nitrogens with zero attached hydrogens (tertiary/aromatic N) is 2. The maximum atomic E-state index is 11.9. The summed E-state index contributed by atoms with van der Waals surface area (Å²) in [5.41, 5.74) is 1.56. The normalized spacial score (nSPS) is 10.2. The predicted molar refractivity (Wildman–Crippen MR) is 71.3 cm³/mol. The molecule has 0 fully saturated rings. The first-order valence-corrected chi connectivity index (χ1v) is 6.49. The quantitative estimate of drug-likeness (QED) is 0.864. The molecule has 0 atom stereocenters. The summed E-state index contributed by atoms with van der Waals surface area (Å²) >= 11 is 1.47. The number of rotatable bonds is 4. The third-order valence-corrected chi connectivity index (χ3v) is 3.36. The van der Waals surface area contributed by atoms with Crippen LogP contribution < -0.4 is 5.32 Å². The first kappa shape index (κ1) is 13.3. The van der Waals surface area contributed by atoms with Crippen LogP contribution >= 0.6 is 11.3 Å². The molecule has 2 aromatic heterocycles. The highest BCUT2D eigenvalue weighted by Gasteiger charge is 2.12. The van der Waals surface area contributed by atoms with Crippen molar-refractivity contribution in [3.63, 3.8) is 0 Å². The zero-order chi connectivity index (χ0) is 13.8. The summed E-state index contributed by atoms with van der Waals surface area (Å²) in [5, 5.41) is 10.4. The summed E-state index contributed by atoms with van der Waals surface area (Å²) < 4.78 is 5.94. The van der Waals surface area contributed by atoms with E-state index >= 15 is 0 Å². The zero-order valence-electron chi connectivity index (χ0n) is 10.5. The number of amides is 1. The van der Waals surface area contributed by atoms with Gasteiger partial charge in [0.2, 0.25) is 0 Å². The van der Waals surface area contributed by atoms with Crippen LogP contribution in [0.3, 0.4) is 0 Å². The maximum Gasteiger partial charge on any atom is 0.327 e. The fraction of sp³-hybridized carbons (Fsp3) is 0.250. The number of hydrogen-bond acceptors (Lipinski definition) is 5. The van der Waals surface area contributed by atoms with Crippen molar-refractivity contribution in [2.45, 2.75) is 13.5 Å². The number of aromatic nitrogens is 2. The number of ether oxygens (including phenoxy) is 1. The second-order valence-electron chi connectivity index (χ2n) is 3.90. The molecule has 0 radical (unpaired) electrons. The Labute approximate surface area is 114 Å². The van der Waals surface area contributed by atoms with Gasteiger partial charge in [-0.3, -0.25) is 14.3 Å². The van der Waals surface area contributed by atoms with Crippen molar-refractivity contribution in [3.05, 3.63) is 34.2 Å². The second-order valence-corrected chi connectivity index (χ2v) is 4.64. The van der Waals surface area contributed by atoms with Gasteiger partial charge in [-0.2, -0.15) is 16.4 Å². The van der Waals surface area contributed by atoms with Crippen LogP contribution in [-0.2, 0) is 16.1 Å². The Morgan fingerprint density at radius 1 is 1.47 bits per heavy atom. The molecule has 0 unspecified atom stereocenters. The predicted octanol–water partition coefficient (Wildman–Crippen LogP) is 1.68. The monoisotopic (exact) mass is 279 g/mol. The minimum absolute atomic E-state index is 0.0177. The Morgan fingerprint density at radius 2 is 2.26 bits per heavy atom. The Bertz CT molecular complexity index is 603. The molecule has 2 aromatic rings. The van der Waals surface area contributed by atoms with Crippen molar-refractivity contribution in [1.82, 2.24) is 9.78 Å². The van der Waals surface area contributed by atoms with Crippen LogP contribution in [0.2, 0.25) is 0 Å². The Balaban J connectivity index is 2.02. The molecule has 19 heavy (non-hydrogen) atoms. The third kappa shape index (κ3) is 3.19. The van der Waals surface area contributed by atoms with Gasteiger partial charge in [-0.1, -0.05) is 0 Å². The van der Waals surface area contributed by atoms with Gasteiger partial charge >= 0.3 is 5.97 Å². The van der Waals surface area contributed by atoms with Crippen molar-refractivity contribution in [3.8, 4) is 0 Å². The van der Waals surface area contributed by atoms with E-state index < -0.39 is 5.97 Å². The van der Waals surface area contributed by atoms with Crippen molar-refractivity contribution < 1.29 is 14.3 Å². The van der Waals surface area contributed by atoms with Gasteiger partial charge in [-0.25, -0.2) is 0 Å². The van der Waals surface area contributed by atoms with E-state index in [4.69, 9.17) is 0 Å². The van der Waals surface area contributed by atoms with E-state index in [-0.39, 0.29) is 12.5 Å². The highest BCUT2D eigenvalue weighted by atomic mass is 32.1. The van der Waals surface area contributed by atoms with Crippen LogP contribution in [0.4, 0.5) is 5.82 Å². The van der Waals surface area contributed by atoms with Gasteiger partial charge in [0.05, 0.1) is 12.7 Å². The Kier molecular flexibility index (Phi) is 3.96. The average molecular weight is 279 g/mol. The molecule has 7 heteroatoms. The molecule has 1 amide bonds. The fourth-order valence-corrected chi connectivity index (χ4v) is 2.32. The van der Waals surface area contributed by atoms with E-state index in [1.807, 2.05) is 12.3 Å². The van der Waals surface area contributed by atoms with Gasteiger partial charge in [0.25, 0.3) is 5.91 Å². The third-order valence-electron chi connectivity index (χ3n) is 2.50. The minimum Gasteiger partial charge on any atom is -0.468 e. The number of hydrogen-bond donors (Lipinski definition) is 1. The molecule has 0 saturated heterocycles. The molecule has 0 bridgehead atoms. The number of carbonyl (C=O) groups is 2. The van der Waals surface area contributed by atoms with E-state index in [1.54, 1.807) is 17.6 Å². The van der Waals surface area contributed by atoms with Gasteiger partial charge in [0.1, 0.15) is 6.54 Å². The van der Waals surface area contributed by atoms with Crippen LogP contribution in [0.5, 0.6) is 0 Å². The van der Waals surface area contributed by atoms with Crippen LogP contribution in [0.1, 0.15) is 15.9 Å². The lowest BCUT2D eigenvalue weighted by atomic mass is 10.2. The van der Waals surface area contributed by atoms with Gasteiger partial charge in [-0.05, 0) is 17.9 Å². The molecule has 2 rings (SSSR count). The van der Waals surface area contributed by atoms with Gasteiger partial charge in [0.15, 0.2) is 5.82 Å². The first-order chi connectivity index (χ1) is 9.10. The van der Waals surface area contributed by atoms with Crippen molar-refractivity contribution >= 4 is 29.0 Å². The summed E-state index contributed by atoms with van der Waals surface area (Å²) in [6.45, 7) is 1.89. The lowest BCUT2D eigenvalue weighted by Gasteiger charge is -2.01. The molecule has 1 N–H and O–H groups in total. The van der Waals surface area contributed by atoms with Gasteiger partial charge in [-0.15, -0.1) is 0 Å². The van der Waals surface area contributed by atoms with Crippen LogP contribution in [0.25, 0.3) is 0 Å². The van der Waals surface area contributed by atoms with E-state index in [0.29, 0.717) is 11.4 Å². The molecule has 0 aromatic carbocycles. The number of esters is 1. The van der Waals surface area contributed by atoms with Crippen molar-refractivity contribution in [1.29, 1.82) is 0 Å². The number of anilines is 1. The molecule has 0 aliphatic carbocycles. The number of nitrogens with one attached hydrogen (secondary N) is 1. The highest BCUT2D eigenvalue weighted by Crippen LogP contribution is 2.15. The largest absolute Gasteiger partial charge is 0.468 e. The molecular weight excluding hydrogens is 266 g/mol. The molecule has 2 heterocycles. The molecular formula is C12H13N3O3S. The highest BCUT2D eigenvalue weighted by molar-refractivity contribution is 7.08. The van der Waals surface area contributed by atoms with E-state index in [0.717, 1.165) is 5.56 Å². The number of aryl methyl sites for hydroxylation is 1. The van der Waals surface area contributed by atoms with Gasteiger partial charge in [0, 0.05) is 17.6 Å². The Hall–Kier alpha value is -2.15. The SMILES string of the molecule is COC(=O)Cn1ccc(NC(=O)c2cscc2C)n1. The van der Waals surface area contributed by atoms with Gasteiger partial charge < -0.3 is 10.1 Å². The van der Waals surface area contributed by atoms with Crippen LogP contribution in [-0.4, -0.2) is 28.8 Å². The standard InChI is InChI=1S/C12H13N3O3S/c1-8-6-19-7-9(8)12(17)13-10-3-4-15(14-10)5-11(16)18-2/h3-4,6-7H,5H2,1-2H3,(H,13,14,17). The molecule has 0 spiro atoms. The summed E-state index contributed by atoms with van der Waals surface area (Å²) in [7, 11) is 1.31. The van der Waals surface area contributed by atoms with E-state index in [2.05, 4.69) is 15.2 Å². The summed E-state index contributed by atoms with van der Waals surface area (Å²) in [4.78, 5) is 23.0. The zero-order valence-corrected chi connectivity index (χ0v) is 11.4. The lowest BCUT2D eigenvalue weighted by molar-refractivity contribution is -0.141. The minimum atomic E-state index is -0.394. The smallest absolute Gasteiger partial charge is 0.327 e. The molecule has 0 aliphatic heterocycles. The van der Waals surface area contributed by atoms with Crippen LogP contribution in [0.15, 0.2) is 23.0 Å². The summed E-state index contributed by atoms with van der Waals surface area (Å²) in [6, 6.07) is 1.63. The molecule has 0 aliphatic rings. The van der Waals surface area contributed by atoms with Crippen LogP contribution in [0, 0.1) is 6.92 Å². The number of methoxy groups -OCH3 is 1. The van der Waals surface area contributed by atoms with Crippen molar-refractivity contribution in [2.24, 2.45) is 0 Å². The maximum absolute atomic E-state index is 11.9. The van der Waals surface area contributed by atoms with E-state index in [1.165, 1.54) is 23.1 Å². The molecule has 6 nitrogen and oxygen atoms in total. The lowest BCUT2D eigenvalue weighted by Crippen LogP contribution is -2.14. The Morgan fingerprint density at radius 3 is 2.89 bits per heavy atom. The number of thiophene rings is 1.